The molecule has 0 amide bonds. The number of nitrogens with one attached hydrogen (secondary N) is 1. The highest BCUT2D eigenvalue weighted by atomic mass is 19.4. The normalized spacial score (nSPS) is 11.7. The second-order valence-corrected chi connectivity index (χ2v) is 5.17. The summed E-state index contributed by atoms with van der Waals surface area (Å²) in [7, 11) is 0. The van der Waals surface area contributed by atoms with Gasteiger partial charge in [0.05, 0.1) is 12.2 Å². The van der Waals surface area contributed by atoms with Gasteiger partial charge in [0.2, 0.25) is 0 Å². The van der Waals surface area contributed by atoms with Crippen LogP contribution in [0.2, 0.25) is 0 Å². The van der Waals surface area contributed by atoms with Crippen LogP contribution in [0.25, 0.3) is 22.0 Å². The summed E-state index contributed by atoms with van der Waals surface area (Å²) in [4.78, 5) is 0. The Labute approximate surface area is 136 Å². The van der Waals surface area contributed by atoms with Crippen molar-refractivity contribution >= 4 is 16.6 Å². The van der Waals surface area contributed by atoms with Gasteiger partial charge in [-0.05, 0) is 12.1 Å². The van der Waals surface area contributed by atoms with E-state index < -0.39 is 11.7 Å². The van der Waals surface area contributed by atoms with E-state index in [4.69, 9.17) is 5.11 Å². The maximum atomic E-state index is 12.7. The SMILES string of the molecule is OCCNc1nnc(-c2ccc(C(F)(F)F)cc2)c2ccccc12. The summed E-state index contributed by atoms with van der Waals surface area (Å²) in [5.41, 5.74) is 0.360. The van der Waals surface area contributed by atoms with Gasteiger partial charge in [0.25, 0.3) is 0 Å². The lowest BCUT2D eigenvalue weighted by atomic mass is 10.0. The predicted octanol–water partition coefficient (Wildman–Crippen LogP) is 3.72. The Morgan fingerprint density at radius 2 is 1.58 bits per heavy atom. The van der Waals surface area contributed by atoms with Gasteiger partial charge in [0.1, 0.15) is 5.69 Å². The van der Waals surface area contributed by atoms with Crippen molar-refractivity contribution in [3.63, 3.8) is 0 Å². The van der Waals surface area contributed by atoms with E-state index in [1.54, 1.807) is 0 Å². The van der Waals surface area contributed by atoms with E-state index >= 15 is 0 Å². The van der Waals surface area contributed by atoms with Crippen molar-refractivity contribution in [1.82, 2.24) is 10.2 Å². The topological polar surface area (TPSA) is 58.0 Å². The molecule has 1 heterocycles. The maximum Gasteiger partial charge on any atom is 0.416 e. The van der Waals surface area contributed by atoms with Gasteiger partial charge in [0, 0.05) is 22.9 Å². The van der Waals surface area contributed by atoms with Crippen molar-refractivity contribution in [2.75, 3.05) is 18.5 Å². The van der Waals surface area contributed by atoms with Crippen LogP contribution >= 0.6 is 0 Å². The largest absolute Gasteiger partial charge is 0.416 e. The van der Waals surface area contributed by atoms with Crippen molar-refractivity contribution < 1.29 is 18.3 Å². The molecule has 3 rings (SSSR count). The van der Waals surface area contributed by atoms with E-state index in [0.29, 0.717) is 23.6 Å². The molecule has 0 aliphatic heterocycles. The zero-order chi connectivity index (χ0) is 17.2. The number of aliphatic hydroxyl groups is 1. The quantitative estimate of drug-likeness (QED) is 0.764. The van der Waals surface area contributed by atoms with Gasteiger partial charge in [0.15, 0.2) is 5.82 Å². The van der Waals surface area contributed by atoms with Crippen LogP contribution in [0.15, 0.2) is 48.5 Å². The third-order valence-corrected chi connectivity index (χ3v) is 3.58. The Balaban J connectivity index is 2.07. The first-order valence-corrected chi connectivity index (χ1v) is 7.28. The molecule has 124 valence electrons. The minimum absolute atomic E-state index is 0.0450. The summed E-state index contributed by atoms with van der Waals surface area (Å²) in [6, 6.07) is 12.2. The molecular formula is C17H14F3N3O. The molecular weight excluding hydrogens is 319 g/mol. The van der Waals surface area contributed by atoms with E-state index in [1.165, 1.54) is 12.1 Å². The van der Waals surface area contributed by atoms with Crippen LogP contribution in [0.3, 0.4) is 0 Å². The number of hydrogen-bond donors (Lipinski definition) is 2. The van der Waals surface area contributed by atoms with Crippen molar-refractivity contribution in [3.05, 3.63) is 54.1 Å². The first kappa shape index (κ1) is 16.2. The lowest BCUT2D eigenvalue weighted by molar-refractivity contribution is -0.137. The number of rotatable bonds is 4. The minimum Gasteiger partial charge on any atom is -0.395 e. The highest BCUT2D eigenvalue weighted by molar-refractivity contribution is 5.99. The van der Waals surface area contributed by atoms with Crippen LogP contribution in [0, 0.1) is 0 Å². The minimum atomic E-state index is -4.37. The number of alkyl halides is 3. The van der Waals surface area contributed by atoms with Gasteiger partial charge in [-0.2, -0.15) is 13.2 Å². The van der Waals surface area contributed by atoms with Crippen molar-refractivity contribution in [2.45, 2.75) is 6.18 Å². The van der Waals surface area contributed by atoms with Gasteiger partial charge >= 0.3 is 6.18 Å². The summed E-state index contributed by atoms with van der Waals surface area (Å²) in [5, 5.41) is 21.7. The second-order valence-electron chi connectivity index (χ2n) is 5.17. The third kappa shape index (κ3) is 3.16. The number of hydrogen-bond acceptors (Lipinski definition) is 4. The molecule has 0 saturated carbocycles. The van der Waals surface area contributed by atoms with Gasteiger partial charge < -0.3 is 10.4 Å². The molecule has 0 saturated heterocycles. The fourth-order valence-corrected chi connectivity index (χ4v) is 2.44. The number of halogens is 3. The molecule has 7 heteroatoms. The Morgan fingerprint density at radius 1 is 0.917 bits per heavy atom. The smallest absolute Gasteiger partial charge is 0.395 e. The van der Waals surface area contributed by atoms with E-state index in [0.717, 1.165) is 22.9 Å². The summed E-state index contributed by atoms with van der Waals surface area (Å²) < 4.78 is 38.1. The van der Waals surface area contributed by atoms with Crippen LogP contribution < -0.4 is 5.32 Å². The van der Waals surface area contributed by atoms with E-state index in [1.807, 2.05) is 24.3 Å². The Morgan fingerprint density at radius 3 is 2.21 bits per heavy atom. The molecule has 0 radical (unpaired) electrons. The van der Waals surface area contributed by atoms with E-state index in [2.05, 4.69) is 15.5 Å². The number of aromatic nitrogens is 2. The number of anilines is 1. The molecule has 0 fully saturated rings. The lowest BCUT2D eigenvalue weighted by Gasteiger charge is -2.11. The summed E-state index contributed by atoms with van der Waals surface area (Å²) >= 11 is 0. The first-order chi connectivity index (χ1) is 11.5. The van der Waals surface area contributed by atoms with E-state index in [9.17, 15) is 13.2 Å². The van der Waals surface area contributed by atoms with E-state index in [-0.39, 0.29) is 6.61 Å². The molecule has 2 aromatic carbocycles. The molecule has 0 aliphatic rings. The van der Waals surface area contributed by atoms with Crippen LogP contribution in [0.5, 0.6) is 0 Å². The standard InChI is InChI=1S/C17H14F3N3O/c18-17(19,20)12-7-5-11(6-8-12)15-13-3-1-2-4-14(13)16(23-22-15)21-9-10-24/h1-8,24H,9-10H2,(H,21,23). The highest BCUT2D eigenvalue weighted by Crippen LogP contribution is 2.33. The van der Waals surface area contributed by atoms with Crippen molar-refractivity contribution in [1.29, 1.82) is 0 Å². The summed E-state index contributed by atoms with van der Waals surface area (Å²) in [6.45, 7) is 0.287. The Kier molecular flexibility index (Phi) is 4.35. The number of benzene rings is 2. The zero-order valence-corrected chi connectivity index (χ0v) is 12.5. The number of fused-ring (bicyclic) bond motifs is 1. The Bertz CT molecular complexity index is 848. The highest BCUT2D eigenvalue weighted by Gasteiger charge is 2.30. The fourth-order valence-electron chi connectivity index (χ4n) is 2.44. The first-order valence-electron chi connectivity index (χ1n) is 7.28. The molecule has 0 unspecified atom stereocenters. The molecule has 2 N–H and O–H groups in total. The zero-order valence-electron chi connectivity index (χ0n) is 12.5. The van der Waals surface area contributed by atoms with Crippen LogP contribution in [-0.2, 0) is 6.18 Å². The summed E-state index contributed by atoms with van der Waals surface area (Å²) in [5.74, 6) is 0.523. The summed E-state index contributed by atoms with van der Waals surface area (Å²) in [6.07, 6.45) is -4.37. The molecule has 0 aliphatic carbocycles. The van der Waals surface area contributed by atoms with Crippen molar-refractivity contribution in [3.8, 4) is 11.3 Å². The molecule has 4 nitrogen and oxygen atoms in total. The molecule has 24 heavy (non-hydrogen) atoms. The van der Waals surface area contributed by atoms with Gasteiger partial charge in [-0.1, -0.05) is 36.4 Å². The fraction of sp³-hybridized carbons (Fsp3) is 0.176. The average Bonchev–Trinajstić information content (AvgIpc) is 2.59. The number of aliphatic hydroxyl groups excluding tert-OH is 1. The molecule has 0 bridgehead atoms. The molecule has 0 spiro atoms. The third-order valence-electron chi connectivity index (χ3n) is 3.58. The monoisotopic (exact) mass is 333 g/mol. The van der Waals surface area contributed by atoms with Crippen LogP contribution in [0.4, 0.5) is 19.0 Å². The average molecular weight is 333 g/mol. The number of nitrogens with zero attached hydrogens (tertiary/aromatic N) is 2. The maximum absolute atomic E-state index is 12.7. The van der Waals surface area contributed by atoms with Gasteiger partial charge in [-0.25, -0.2) is 0 Å². The molecule has 0 atom stereocenters. The molecule has 1 aromatic heterocycles. The van der Waals surface area contributed by atoms with Gasteiger partial charge in [-0.15, -0.1) is 10.2 Å². The lowest BCUT2D eigenvalue weighted by Crippen LogP contribution is -2.08. The second kappa shape index (κ2) is 6.45. The molecule has 3 aromatic rings. The van der Waals surface area contributed by atoms with Crippen LogP contribution in [0.1, 0.15) is 5.56 Å². The predicted molar refractivity (Wildman–Crippen MR) is 85.6 cm³/mol. The van der Waals surface area contributed by atoms with Crippen molar-refractivity contribution in [2.24, 2.45) is 0 Å². The van der Waals surface area contributed by atoms with Crippen LogP contribution in [-0.4, -0.2) is 28.5 Å². The van der Waals surface area contributed by atoms with Gasteiger partial charge in [-0.3, -0.25) is 0 Å². The Hall–Kier alpha value is -2.67.